The van der Waals surface area contributed by atoms with Gasteiger partial charge in [-0.3, -0.25) is 4.79 Å². The second-order valence-corrected chi connectivity index (χ2v) is 7.94. The van der Waals surface area contributed by atoms with Gasteiger partial charge in [0.15, 0.2) is 11.5 Å². The number of aliphatic hydroxyl groups excluding tert-OH is 1. The number of rotatable bonds is 10. The molecule has 0 fully saturated rings. The van der Waals surface area contributed by atoms with E-state index in [0.29, 0.717) is 48.1 Å². The smallest absolute Gasteiger partial charge is 0.286 e. The first-order chi connectivity index (χ1) is 15.8. The van der Waals surface area contributed by atoms with Crippen LogP contribution in [-0.4, -0.2) is 55.3 Å². The molecule has 176 valence electrons. The Balaban J connectivity index is 1.90. The number of benzene rings is 2. The molecule has 3 aromatic rings. The van der Waals surface area contributed by atoms with E-state index in [9.17, 15) is 9.90 Å². The summed E-state index contributed by atoms with van der Waals surface area (Å²) in [5.74, 6) is 1.43. The van der Waals surface area contributed by atoms with E-state index in [0.717, 1.165) is 11.1 Å². The molecule has 0 saturated carbocycles. The fraction of sp³-hybridized carbons (Fsp3) is 0.375. The predicted octanol–water partition coefficient (Wildman–Crippen LogP) is 2.92. The topological polar surface area (TPSA) is 121 Å². The van der Waals surface area contributed by atoms with Gasteiger partial charge in [-0.15, -0.1) is 0 Å². The molecule has 0 amide bonds. The molecule has 0 spiro atoms. The number of anilines is 1. The molecule has 0 bridgehead atoms. The minimum atomic E-state index is -0.528. The zero-order valence-electron chi connectivity index (χ0n) is 19.6. The molecule has 33 heavy (non-hydrogen) atoms. The van der Waals surface area contributed by atoms with Gasteiger partial charge in [-0.2, -0.15) is 4.98 Å². The van der Waals surface area contributed by atoms with Crippen LogP contribution in [0, 0.1) is 5.41 Å². The third kappa shape index (κ3) is 5.43. The van der Waals surface area contributed by atoms with Crippen LogP contribution in [0.15, 0.2) is 35.1 Å². The fourth-order valence-corrected chi connectivity index (χ4v) is 3.81. The molecule has 9 nitrogen and oxygen atoms in total. The number of nitrogens with one attached hydrogen (secondary N) is 2. The van der Waals surface area contributed by atoms with Crippen molar-refractivity contribution in [3.05, 3.63) is 51.8 Å². The van der Waals surface area contributed by atoms with Crippen LogP contribution in [-0.2, 0) is 13.0 Å². The first-order valence-corrected chi connectivity index (χ1v) is 10.5. The lowest BCUT2D eigenvalue weighted by Gasteiger charge is -2.20. The van der Waals surface area contributed by atoms with Gasteiger partial charge in [0.05, 0.1) is 33.0 Å². The van der Waals surface area contributed by atoms with Gasteiger partial charge < -0.3 is 34.6 Å². The number of aromatic amines is 1. The van der Waals surface area contributed by atoms with E-state index in [-0.39, 0.29) is 11.1 Å². The normalized spacial score (nSPS) is 11.8. The number of H-pyrrole nitrogens is 1. The van der Waals surface area contributed by atoms with Crippen molar-refractivity contribution in [2.24, 2.45) is 0 Å². The maximum atomic E-state index is 12.9. The molecule has 0 aliphatic rings. The molecule has 9 heteroatoms. The molecule has 1 aromatic heterocycles. The first-order valence-electron chi connectivity index (χ1n) is 10.5. The summed E-state index contributed by atoms with van der Waals surface area (Å²) in [6.07, 6.45) is 0.304. The average molecular weight is 455 g/mol. The van der Waals surface area contributed by atoms with Crippen molar-refractivity contribution in [3.63, 3.8) is 0 Å². The lowest BCUT2D eigenvalue weighted by atomic mass is 10.0. The Morgan fingerprint density at radius 2 is 1.85 bits per heavy atom. The van der Waals surface area contributed by atoms with Crippen LogP contribution < -0.4 is 24.7 Å². The minimum absolute atomic E-state index is 0.266. The Hall–Kier alpha value is -3.59. The van der Waals surface area contributed by atoms with Crippen LogP contribution in [0.5, 0.6) is 17.2 Å². The van der Waals surface area contributed by atoms with Crippen molar-refractivity contribution < 1.29 is 19.3 Å². The van der Waals surface area contributed by atoms with Crippen LogP contribution in [0.4, 0.5) is 5.95 Å². The van der Waals surface area contributed by atoms with Gasteiger partial charge in [0.25, 0.3) is 5.56 Å². The maximum Gasteiger partial charge on any atom is 0.286 e. The number of aromatic nitrogens is 2. The lowest BCUT2D eigenvalue weighted by molar-refractivity contribution is 0.202. The summed E-state index contributed by atoms with van der Waals surface area (Å²) in [7, 11) is 6.30. The highest BCUT2D eigenvalue weighted by atomic mass is 16.5. The minimum Gasteiger partial charge on any atom is -0.493 e. The molecule has 3 N–H and O–H groups in total. The number of fused-ring (bicyclic) bond motifs is 1. The van der Waals surface area contributed by atoms with Crippen molar-refractivity contribution in [2.75, 3.05) is 33.3 Å². The van der Waals surface area contributed by atoms with Gasteiger partial charge in [-0.25, -0.2) is 0 Å². The highest BCUT2D eigenvalue weighted by molar-refractivity contribution is 5.90. The molecule has 0 radical (unpaired) electrons. The van der Waals surface area contributed by atoms with E-state index < -0.39 is 11.7 Å². The Kier molecular flexibility index (Phi) is 7.55. The van der Waals surface area contributed by atoms with Gasteiger partial charge >= 0.3 is 0 Å². The number of ether oxygens (including phenoxy) is 3. The first kappa shape index (κ1) is 24.1. The molecular weight excluding hydrogens is 424 g/mol. The highest BCUT2D eigenvalue weighted by Crippen LogP contribution is 2.41. The summed E-state index contributed by atoms with van der Waals surface area (Å²) < 4.78 is 16.2. The Morgan fingerprint density at radius 3 is 2.48 bits per heavy atom. The third-order valence-corrected chi connectivity index (χ3v) is 5.23. The number of nitrogens with zero attached hydrogens (tertiary/aromatic N) is 2. The second-order valence-electron chi connectivity index (χ2n) is 7.94. The van der Waals surface area contributed by atoms with Crippen LogP contribution in [0.1, 0.15) is 24.5 Å². The molecule has 2 aromatic carbocycles. The van der Waals surface area contributed by atoms with Crippen LogP contribution in [0.2, 0.25) is 0 Å². The maximum absolute atomic E-state index is 12.9. The second kappa shape index (κ2) is 10.4. The lowest BCUT2D eigenvalue weighted by Crippen LogP contribution is -2.23. The monoisotopic (exact) mass is 454 g/mol. The zero-order chi connectivity index (χ0) is 24.1. The standard InChI is InChI=1S/C24H30N4O5/c1-14(29)9-17(25)11-15-7-6-8-16(10-15)13-28(2)24-26-18-12-19(31-3)21(32-4)22(33-5)20(18)23(30)27-24/h6-8,10,12,14,25,29H,9,11,13H2,1-5H3,(H,26,27,30). The number of methoxy groups -OCH3 is 3. The van der Waals surface area contributed by atoms with E-state index >= 15 is 0 Å². The summed E-state index contributed by atoms with van der Waals surface area (Å²) >= 11 is 0. The average Bonchev–Trinajstić information content (AvgIpc) is 2.77. The Bertz CT molecular complexity index is 1210. The third-order valence-electron chi connectivity index (χ3n) is 5.23. The largest absolute Gasteiger partial charge is 0.493 e. The Morgan fingerprint density at radius 1 is 1.15 bits per heavy atom. The molecule has 1 unspecified atom stereocenters. The van der Waals surface area contributed by atoms with Gasteiger partial charge in [0.2, 0.25) is 11.7 Å². The summed E-state index contributed by atoms with van der Waals surface area (Å²) in [6, 6.07) is 9.58. The van der Waals surface area contributed by atoms with Gasteiger partial charge in [-0.1, -0.05) is 24.3 Å². The van der Waals surface area contributed by atoms with Gasteiger partial charge in [-0.05, 0) is 18.1 Å². The highest BCUT2D eigenvalue weighted by Gasteiger charge is 2.20. The Labute approximate surface area is 192 Å². The SMILES string of the molecule is COc1cc2[nH]c(N(C)Cc3cccc(CC(=N)CC(C)O)c3)nc(=O)c2c(OC)c1OC. The van der Waals surface area contributed by atoms with Crippen molar-refractivity contribution in [1.82, 2.24) is 9.97 Å². The van der Waals surface area contributed by atoms with E-state index in [1.807, 2.05) is 36.2 Å². The number of aliphatic hydroxyl groups is 1. The molecule has 0 aliphatic carbocycles. The molecular formula is C24H30N4O5. The van der Waals surface area contributed by atoms with E-state index in [1.54, 1.807) is 13.0 Å². The van der Waals surface area contributed by atoms with Gasteiger partial charge in [0, 0.05) is 38.2 Å². The predicted molar refractivity (Wildman–Crippen MR) is 128 cm³/mol. The summed E-state index contributed by atoms with van der Waals surface area (Å²) in [5.41, 5.74) is 2.56. The molecule has 3 rings (SSSR count). The quantitative estimate of drug-likeness (QED) is 0.403. The van der Waals surface area contributed by atoms with Crippen molar-refractivity contribution in [2.45, 2.75) is 32.4 Å². The molecule has 1 heterocycles. The van der Waals surface area contributed by atoms with E-state index in [4.69, 9.17) is 19.6 Å². The van der Waals surface area contributed by atoms with Crippen LogP contribution in [0.25, 0.3) is 10.9 Å². The van der Waals surface area contributed by atoms with E-state index in [1.165, 1.54) is 21.3 Å². The van der Waals surface area contributed by atoms with Crippen molar-refractivity contribution in [3.8, 4) is 17.2 Å². The van der Waals surface area contributed by atoms with Gasteiger partial charge in [0.1, 0.15) is 5.39 Å². The summed E-state index contributed by atoms with van der Waals surface area (Å²) in [4.78, 5) is 22.1. The summed E-state index contributed by atoms with van der Waals surface area (Å²) in [5, 5.41) is 17.8. The van der Waals surface area contributed by atoms with Crippen LogP contribution in [0.3, 0.4) is 0 Å². The molecule has 0 saturated heterocycles. The summed E-state index contributed by atoms with van der Waals surface area (Å²) in [6.45, 7) is 2.18. The fourth-order valence-electron chi connectivity index (χ4n) is 3.81. The van der Waals surface area contributed by atoms with Crippen LogP contribution >= 0.6 is 0 Å². The number of hydrogen-bond acceptors (Lipinski definition) is 8. The van der Waals surface area contributed by atoms with Crippen molar-refractivity contribution in [1.29, 1.82) is 5.41 Å². The zero-order valence-corrected chi connectivity index (χ0v) is 19.6. The number of hydrogen-bond donors (Lipinski definition) is 3. The molecule has 1 atom stereocenters. The van der Waals surface area contributed by atoms with E-state index in [2.05, 4.69) is 9.97 Å². The van der Waals surface area contributed by atoms with Crippen molar-refractivity contribution >= 4 is 22.6 Å². The molecule has 0 aliphatic heterocycles.